The highest BCUT2D eigenvalue weighted by atomic mass is 35.5. The van der Waals surface area contributed by atoms with Crippen LogP contribution in [-0.4, -0.2) is 15.1 Å². The number of aromatic hydroxyl groups is 1. The van der Waals surface area contributed by atoms with Gasteiger partial charge in [-0.3, -0.25) is 4.98 Å². The van der Waals surface area contributed by atoms with Crippen LogP contribution in [0.1, 0.15) is 0 Å². The van der Waals surface area contributed by atoms with Crippen molar-refractivity contribution in [1.29, 1.82) is 0 Å². The first-order valence-corrected chi connectivity index (χ1v) is 4.41. The SMILES string of the molecule is Oc1ccccc1-c1cnc(Cl)cn1. The van der Waals surface area contributed by atoms with Gasteiger partial charge >= 0.3 is 0 Å². The molecule has 0 aliphatic carbocycles. The van der Waals surface area contributed by atoms with E-state index < -0.39 is 0 Å². The van der Waals surface area contributed by atoms with Crippen LogP contribution in [0, 0.1) is 0 Å². The van der Waals surface area contributed by atoms with Crippen LogP contribution in [-0.2, 0) is 0 Å². The molecule has 3 nitrogen and oxygen atoms in total. The summed E-state index contributed by atoms with van der Waals surface area (Å²) in [7, 11) is 0. The van der Waals surface area contributed by atoms with Crippen molar-refractivity contribution in [3.63, 3.8) is 0 Å². The van der Waals surface area contributed by atoms with Crippen LogP contribution in [0.3, 0.4) is 0 Å². The lowest BCUT2D eigenvalue weighted by Crippen LogP contribution is -1.85. The minimum Gasteiger partial charge on any atom is -0.507 e. The van der Waals surface area contributed by atoms with Crippen LogP contribution in [0.2, 0.25) is 5.15 Å². The molecular formula is C10H7ClN2O. The monoisotopic (exact) mass is 206 g/mol. The van der Waals surface area contributed by atoms with Crippen molar-refractivity contribution in [3.05, 3.63) is 41.8 Å². The van der Waals surface area contributed by atoms with E-state index in [1.165, 1.54) is 12.4 Å². The maximum absolute atomic E-state index is 9.53. The molecule has 2 rings (SSSR count). The van der Waals surface area contributed by atoms with Crippen molar-refractivity contribution < 1.29 is 5.11 Å². The fourth-order valence-corrected chi connectivity index (χ4v) is 1.24. The molecule has 1 N–H and O–H groups in total. The Kier molecular flexibility index (Phi) is 2.33. The van der Waals surface area contributed by atoms with Gasteiger partial charge in [0.25, 0.3) is 0 Å². The molecule has 1 aromatic carbocycles. The van der Waals surface area contributed by atoms with Crippen molar-refractivity contribution >= 4 is 11.6 Å². The zero-order valence-corrected chi connectivity index (χ0v) is 7.94. The van der Waals surface area contributed by atoms with Gasteiger partial charge in [-0.1, -0.05) is 23.7 Å². The highest BCUT2D eigenvalue weighted by molar-refractivity contribution is 6.29. The van der Waals surface area contributed by atoms with Crippen LogP contribution >= 0.6 is 11.6 Å². The molecule has 0 atom stereocenters. The van der Waals surface area contributed by atoms with Gasteiger partial charge in [0.1, 0.15) is 10.9 Å². The Hall–Kier alpha value is -1.61. The smallest absolute Gasteiger partial charge is 0.147 e. The summed E-state index contributed by atoms with van der Waals surface area (Å²) in [6.45, 7) is 0. The van der Waals surface area contributed by atoms with Crippen molar-refractivity contribution in [2.24, 2.45) is 0 Å². The Morgan fingerprint density at radius 3 is 2.50 bits per heavy atom. The summed E-state index contributed by atoms with van der Waals surface area (Å²) in [5.41, 5.74) is 1.25. The van der Waals surface area contributed by atoms with Crippen LogP contribution in [0.25, 0.3) is 11.3 Å². The van der Waals surface area contributed by atoms with Gasteiger partial charge in [-0.15, -0.1) is 0 Å². The summed E-state index contributed by atoms with van der Waals surface area (Å²) in [4.78, 5) is 7.94. The van der Waals surface area contributed by atoms with Gasteiger partial charge in [0.2, 0.25) is 0 Å². The first-order chi connectivity index (χ1) is 6.77. The molecule has 14 heavy (non-hydrogen) atoms. The molecule has 0 amide bonds. The summed E-state index contributed by atoms with van der Waals surface area (Å²) in [6.07, 6.45) is 2.97. The fourth-order valence-electron chi connectivity index (χ4n) is 1.14. The highest BCUT2D eigenvalue weighted by Gasteiger charge is 2.04. The third-order valence-electron chi connectivity index (χ3n) is 1.80. The standard InChI is InChI=1S/C10H7ClN2O/c11-10-6-12-8(5-13-10)7-3-1-2-4-9(7)14/h1-6,14H. The van der Waals surface area contributed by atoms with Crippen LogP contribution in [0.5, 0.6) is 5.75 Å². The summed E-state index contributed by atoms with van der Waals surface area (Å²) in [6, 6.07) is 6.95. The maximum atomic E-state index is 9.53. The summed E-state index contributed by atoms with van der Waals surface area (Å²) in [5.74, 6) is 0.184. The van der Waals surface area contributed by atoms with Crippen molar-refractivity contribution in [3.8, 4) is 17.0 Å². The first kappa shape index (κ1) is 8.97. The van der Waals surface area contributed by atoms with Gasteiger partial charge in [-0.2, -0.15) is 0 Å². The lowest BCUT2D eigenvalue weighted by Gasteiger charge is -2.01. The molecule has 0 bridgehead atoms. The largest absolute Gasteiger partial charge is 0.507 e. The number of rotatable bonds is 1. The van der Waals surface area contributed by atoms with Gasteiger partial charge in [-0.25, -0.2) is 4.98 Å². The topological polar surface area (TPSA) is 46.0 Å². The maximum Gasteiger partial charge on any atom is 0.147 e. The number of nitrogens with zero attached hydrogens (tertiary/aromatic N) is 2. The average Bonchev–Trinajstić information content (AvgIpc) is 2.20. The second-order valence-corrected chi connectivity index (χ2v) is 3.13. The van der Waals surface area contributed by atoms with Gasteiger partial charge in [0.05, 0.1) is 18.1 Å². The first-order valence-electron chi connectivity index (χ1n) is 4.03. The number of para-hydroxylation sites is 1. The third-order valence-corrected chi connectivity index (χ3v) is 2.00. The predicted molar refractivity (Wildman–Crippen MR) is 54.1 cm³/mol. The second kappa shape index (κ2) is 3.64. The van der Waals surface area contributed by atoms with E-state index in [1.54, 1.807) is 18.2 Å². The summed E-state index contributed by atoms with van der Waals surface area (Å²) >= 11 is 5.60. The molecular weight excluding hydrogens is 200 g/mol. The molecule has 0 saturated carbocycles. The number of halogens is 1. The molecule has 0 unspecified atom stereocenters. The number of phenolic OH excluding ortho intramolecular Hbond substituents is 1. The van der Waals surface area contributed by atoms with E-state index in [0.29, 0.717) is 16.4 Å². The van der Waals surface area contributed by atoms with Gasteiger partial charge in [0, 0.05) is 5.56 Å². The molecule has 0 saturated heterocycles. The fraction of sp³-hybridized carbons (Fsp3) is 0. The van der Waals surface area contributed by atoms with Gasteiger partial charge in [-0.05, 0) is 12.1 Å². The molecule has 1 aromatic heterocycles. The summed E-state index contributed by atoms with van der Waals surface area (Å²) in [5, 5.41) is 9.87. The number of hydrogen-bond donors (Lipinski definition) is 1. The van der Waals surface area contributed by atoms with Crippen LogP contribution in [0.4, 0.5) is 0 Å². The van der Waals surface area contributed by atoms with E-state index in [2.05, 4.69) is 9.97 Å². The van der Waals surface area contributed by atoms with E-state index in [9.17, 15) is 5.11 Å². The lowest BCUT2D eigenvalue weighted by atomic mass is 10.1. The number of benzene rings is 1. The number of hydrogen-bond acceptors (Lipinski definition) is 3. The van der Waals surface area contributed by atoms with Gasteiger partial charge < -0.3 is 5.11 Å². The minimum absolute atomic E-state index is 0.184. The van der Waals surface area contributed by atoms with E-state index in [4.69, 9.17) is 11.6 Å². The molecule has 0 aliphatic heterocycles. The Bertz CT molecular complexity index is 442. The zero-order chi connectivity index (χ0) is 9.97. The molecule has 0 aliphatic rings. The Labute approximate surface area is 86.0 Å². The highest BCUT2D eigenvalue weighted by Crippen LogP contribution is 2.26. The Balaban J connectivity index is 2.50. The molecule has 4 heteroatoms. The lowest BCUT2D eigenvalue weighted by molar-refractivity contribution is 0.477. The van der Waals surface area contributed by atoms with E-state index in [1.807, 2.05) is 6.07 Å². The number of aromatic nitrogens is 2. The average molecular weight is 207 g/mol. The predicted octanol–water partition coefficient (Wildman–Crippen LogP) is 2.50. The molecule has 70 valence electrons. The quantitative estimate of drug-likeness (QED) is 0.780. The van der Waals surface area contributed by atoms with Crippen LogP contribution < -0.4 is 0 Å². The Morgan fingerprint density at radius 2 is 1.86 bits per heavy atom. The molecule has 0 fully saturated rings. The second-order valence-electron chi connectivity index (χ2n) is 2.74. The Morgan fingerprint density at radius 1 is 1.07 bits per heavy atom. The summed E-state index contributed by atoms with van der Waals surface area (Å²) < 4.78 is 0. The molecule has 2 aromatic rings. The van der Waals surface area contributed by atoms with Crippen LogP contribution in [0.15, 0.2) is 36.7 Å². The van der Waals surface area contributed by atoms with E-state index >= 15 is 0 Å². The molecule has 0 radical (unpaired) electrons. The van der Waals surface area contributed by atoms with Crippen molar-refractivity contribution in [1.82, 2.24) is 9.97 Å². The molecule has 1 heterocycles. The van der Waals surface area contributed by atoms with Crippen molar-refractivity contribution in [2.45, 2.75) is 0 Å². The molecule has 0 spiro atoms. The third kappa shape index (κ3) is 1.67. The normalized spacial score (nSPS) is 10.1. The van der Waals surface area contributed by atoms with E-state index in [-0.39, 0.29) is 5.75 Å². The minimum atomic E-state index is 0.184. The van der Waals surface area contributed by atoms with E-state index in [0.717, 1.165) is 0 Å². The van der Waals surface area contributed by atoms with Crippen molar-refractivity contribution in [2.75, 3.05) is 0 Å². The van der Waals surface area contributed by atoms with Gasteiger partial charge in [0.15, 0.2) is 0 Å². The zero-order valence-electron chi connectivity index (χ0n) is 7.18. The number of phenols is 1.